The van der Waals surface area contributed by atoms with E-state index in [1.54, 1.807) is 0 Å². The van der Waals surface area contributed by atoms with Crippen LogP contribution in [0.5, 0.6) is 0 Å². The number of ketones is 1. The lowest BCUT2D eigenvalue weighted by atomic mass is 10.4. The minimum absolute atomic E-state index is 0.114. The third-order valence-electron chi connectivity index (χ3n) is 0.873. The van der Waals surface area contributed by atoms with Gasteiger partial charge in [-0.2, -0.15) is 0 Å². The fourth-order valence-corrected chi connectivity index (χ4v) is 1.22. The van der Waals surface area contributed by atoms with Crippen molar-refractivity contribution in [1.29, 1.82) is 0 Å². The van der Waals surface area contributed by atoms with Crippen LogP contribution in [0.2, 0.25) is 0 Å². The molecule has 1 aliphatic rings. The number of carbonyl (C=O) groups is 2. The molecule has 0 aromatic heterocycles. The molecule has 0 saturated carbocycles. The smallest absolute Gasteiger partial charge is 0.342 e. The highest BCUT2D eigenvalue weighted by Gasteiger charge is 2.17. The number of thioether (sulfide) groups is 1. The number of carboxylic acid groups (broad SMARTS) is 1. The Labute approximate surface area is 55.7 Å². The molecule has 0 aromatic rings. The highest BCUT2D eigenvalue weighted by molar-refractivity contribution is 8.05. The molecular formula is C5H4O3S. The minimum atomic E-state index is -1.01. The molecule has 0 amide bonds. The Balaban J connectivity index is 2.74. The third-order valence-corrected chi connectivity index (χ3v) is 1.91. The second kappa shape index (κ2) is 2.23. The molecule has 0 fully saturated rings. The van der Waals surface area contributed by atoms with Gasteiger partial charge in [-0.15, -0.1) is 11.8 Å². The SMILES string of the molecule is O=C1C=C(C(=O)O)SC1. The second-order valence-corrected chi connectivity index (χ2v) is 2.59. The van der Waals surface area contributed by atoms with E-state index >= 15 is 0 Å². The van der Waals surface area contributed by atoms with Gasteiger partial charge in [-0.05, 0) is 0 Å². The highest BCUT2D eigenvalue weighted by atomic mass is 32.2. The zero-order valence-electron chi connectivity index (χ0n) is 4.46. The summed E-state index contributed by atoms with van der Waals surface area (Å²) in [6.07, 6.45) is 1.16. The van der Waals surface area contributed by atoms with Crippen LogP contribution in [0.4, 0.5) is 0 Å². The minimum Gasteiger partial charge on any atom is -0.477 e. The summed E-state index contributed by atoms with van der Waals surface area (Å²) in [4.78, 5) is 20.7. The molecule has 4 heteroatoms. The van der Waals surface area contributed by atoms with E-state index in [-0.39, 0.29) is 16.4 Å². The highest BCUT2D eigenvalue weighted by Crippen LogP contribution is 2.21. The Bertz CT molecular complexity index is 194. The van der Waals surface area contributed by atoms with Crippen LogP contribution in [0, 0.1) is 0 Å². The average molecular weight is 144 g/mol. The molecule has 0 aliphatic carbocycles. The first kappa shape index (κ1) is 6.35. The summed E-state index contributed by atoms with van der Waals surface area (Å²) in [7, 11) is 0. The summed E-state index contributed by atoms with van der Waals surface area (Å²) in [5.74, 6) is -0.843. The van der Waals surface area contributed by atoms with Crippen molar-refractivity contribution >= 4 is 23.5 Å². The molecule has 1 heterocycles. The van der Waals surface area contributed by atoms with E-state index in [0.717, 1.165) is 17.8 Å². The van der Waals surface area contributed by atoms with E-state index < -0.39 is 5.97 Å². The summed E-state index contributed by atoms with van der Waals surface area (Å²) >= 11 is 1.07. The van der Waals surface area contributed by atoms with Gasteiger partial charge in [0.15, 0.2) is 5.78 Å². The Morgan fingerprint density at radius 1 is 1.78 bits per heavy atom. The number of carboxylic acids is 1. The molecule has 0 saturated heterocycles. The molecule has 0 spiro atoms. The van der Waals surface area contributed by atoms with Crippen LogP contribution in [0.1, 0.15) is 0 Å². The summed E-state index contributed by atoms with van der Waals surface area (Å²) in [5.41, 5.74) is 0. The maximum atomic E-state index is 10.4. The Hall–Kier alpha value is -0.770. The number of hydrogen-bond donors (Lipinski definition) is 1. The summed E-state index contributed by atoms with van der Waals surface area (Å²) < 4.78 is 0. The van der Waals surface area contributed by atoms with Gasteiger partial charge in [-0.3, -0.25) is 4.79 Å². The third kappa shape index (κ3) is 1.32. The van der Waals surface area contributed by atoms with Gasteiger partial charge in [-0.1, -0.05) is 0 Å². The normalized spacial score (nSPS) is 17.8. The first-order chi connectivity index (χ1) is 4.20. The molecule has 1 N–H and O–H groups in total. The summed E-state index contributed by atoms with van der Waals surface area (Å²) in [6, 6.07) is 0. The van der Waals surface area contributed by atoms with E-state index in [0.29, 0.717) is 0 Å². The van der Waals surface area contributed by atoms with Crippen LogP contribution >= 0.6 is 11.8 Å². The van der Waals surface area contributed by atoms with Crippen LogP contribution in [-0.2, 0) is 9.59 Å². The van der Waals surface area contributed by atoms with E-state index in [1.165, 1.54) is 0 Å². The molecule has 0 aromatic carbocycles. The quantitative estimate of drug-likeness (QED) is 0.574. The van der Waals surface area contributed by atoms with Crippen molar-refractivity contribution in [2.45, 2.75) is 0 Å². The lowest BCUT2D eigenvalue weighted by molar-refractivity contribution is -0.132. The van der Waals surface area contributed by atoms with Gasteiger partial charge >= 0.3 is 5.97 Å². The van der Waals surface area contributed by atoms with Crippen molar-refractivity contribution in [2.75, 3.05) is 5.75 Å². The van der Waals surface area contributed by atoms with Crippen LogP contribution in [-0.4, -0.2) is 22.6 Å². The predicted octanol–water partition coefficient (Wildman–Crippen LogP) is 0.271. The fourth-order valence-electron chi connectivity index (χ4n) is 0.502. The Morgan fingerprint density at radius 2 is 2.44 bits per heavy atom. The Kier molecular flexibility index (Phi) is 1.57. The predicted molar refractivity (Wildman–Crippen MR) is 33.2 cm³/mol. The maximum Gasteiger partial charge on any atom is 0.342 e. The molecule has 0 radical (unpaired) electrons. The van der Waals surface area contributed by atoms with E-state index in [2.05, 4.69) is 0 Å². The number of hydrogen-bond acceptors (Lipinski definition) is 3. The van der Waals surface area contributed by atoms with Gasteiger partial charge in [-0.25, -0.2) is 4.79 Å². The zero-order valence-corrected chi connectivity index (χ0v) is 5.27. The molecule has 0 atom stereocenters. The molecule has 1 aliphatic heterocycles. The molecule has 48 valence electrons. The first-order valence-corrected chi connectivity index (χ1v) is 3.29. The van der Waals surface area contributed by atoms with Gasteiger partial charge in [0, 0.05) is 6.08 Å². The second-order valence-electron chi connectivity index (χ2n) is 1.57. The van der Waals surface area contributed by atoms with Crippen molar-refractivity contribution in [3.8, 4) is 0 Å². The lowest BCUT2D eigenvalue weighted by Gasteiger charge is -1.85. The van der Waals surface area contributed by atoms with E-state index in [1.807, 2.05) is 0 Å². The maximum absolute atomic E-state index is 10.4. The largest absolute Gasteiger partial charge is 0.477 e. The van der Waals surface area contributed by atoms with Gasteiger partial charge < -0.3 is 5.11 Å². The van der Waals surface area contributed by atoms with Crippen molar-refractivity contribution < 1.29 is 14.7 Å². The number of carbonyl (C=O) groups excluding carboxylic acids is 1. The van der Waals surface area contributed by atoms with E-state index in [4.69, 9.17) is 5.11 Å². The molecule has 0 bridgehead atoms. The number of allylic oxidation sites excluding steroid dienone is 1. The van der Waals surface area contributed by atoms with Gasteiger partial charge in [0.05, 0.1) is 10.7 Å². The standard InChI is InChI=1S/C5H4O3S/c6-3-1-4(5(7)8)9-2-3/h1H,2H2,(H,7,8). The van der Waals surface area contributed by atoms with Crippen LogP contribution in [0.3, 0.4) is 0 Å². The van der Waals surface area contributed by atoms with Crippen molar-refractivity contribution in [3.63, 3.8) is 0 Å². The average Bonchev–Trinajstić information content (AvgIpc) is 2.14. The number of rotatable bonds is 1. The lowest BCUT2D eigenvalue weighted by Crippen LogP contribution is -1.93. The van der Waals surface area contributed by atoms with Crippen molar-refractivity contribution in [2.24, 2.45) is 0 Å². The molecule has 3 nitrogen and oxygen atoms in total. The fraction of sp³-hybridized carbons (Fsp3) is 0.200. The van der Waals surface area contributed by atoms with Crippen molar-refractivity contribution in [1.82, 2.24) is 0 Å². The number of aliphatic carboxylic acids is 1. The molecular weight excluding hydrogens is 140 g/mol. The summed E-state index contributed by atoms with van der Waals surface area (Å²) in [5, 5.41) is 8.29. The summed E-state index contributed by atoms with van der Waals surface area (Å²) in [6.45, 7) is 0. The van der Waals surface area contributed by atoms with Gasteiger partial charge in [0.1, 0.15) is 0 Å². The van der Waals surface area contributed by atoms with E-state index in [9.17, 15) is 9.59 Å². The van der Waals surface area contributed by atoms with Gasteiger partial charge in [0.25, 0.3) is 0 Å². The molecule has 1 rings (SSSR count). The molecule has 9 heavy (non-hydrogen) atoms. The topological polar surface area (TPSA) is 54.4 Å². The molecule has 0 unspecified atom stereocenters. The van der Waals surface area contributed by atoms with Crippen LogP contribution in [0.15, 0.2) is 11.0 Å². The van der Waals surface area contributed by atoms with Crippen molar-refractivity contribution in [3.05, 3.63) is 11.0 Å². The Morgan fingerprint density at radius 3 is 2.67 bits per heavy atom. The van der Waals surface area contributed by atoms with Crippen LogP contribution < -0.4 is 0 Å². The monoisotopic (exact) mass is 144 g/mol. The van der Waals surface area contributed by atoms with Gasteiger partial charge in [0.2, 0.25) is 0 Å². The van der Waals surface area contributed by atoms with Crippen LogP contribution in [0.25, 0.3) is 0 Å². The zero-order chi connectivity index (χ0) is 6.85. The first-order valence-electron chi connectivity index (χ1n) is 2.31.